The number of hydrogen-bond donors (Lipinski definition) is 1. The Hall–Kier alpha value is -3.51. The van der Waals surface area contributed by atoms with Gasteiger partial charge in [-0.15, -0.1) is 0 Å². The highest BCUT2D eigenvalue weighted by Gasteiger charge is 2.28. The van der Waals surface area contributed by atoms with Gasteiger partial charge in [0.1, 0.15) is 5.75 Å². The van der Waals surface area contributed by atoms with Gasteiger partial charge in [-0.25, -0.2) is 4.79 Å². The maximum absolute atomic E-state index is 13.4. The van der Waals surface area contributed by atoms with E-state index in [9.17, 15) is 9.59 Å². The molecule has 7 heteroatoms. The molecule has 0 saturated carbocycles. The van der Waals surface area contributed by atoms with E-state index in [1.54, 1.807) is 12.0 Å². The van der Waals surface area contributed by atoms with Crippen molar-refractivity contribution < 1.29 is 14.3 Å². The van der Waals surface area contributed by atoms with E-state index in [0.717, 1.165) is 28.9 Å². The lowest BCUT2D eigenvalue weighted by molar-refractivity contribution is -0.115. The topological polar surface area (TPSA) is 61.9 Å². The smallest absolute Gasteiger partial charge is 0.324 e. The van der Waals surface area contributed by atoms with Gasteiger partial charge in [0.15, 0.2) is 0 Å². The van der Waals surface area contributed by atoms with E-state index >= 15 is 0 Å². The number of urea groups is 1. The summed E-state index contributed by atoms with van der Waals surface area (Å²) in [7, 11) is 1.61. The summed E-state index contributed by atoms with van der Waals surface area (Å²) in [5.41, 5.74) is 4.26. The van der Waals surface area contributed by atoms with Crippen molar-refractivity contribution in [2.75, 3.05) is 30.4 Å². The Balaban J connectivity index is 1.50. The molecule has 1 N–H and O–H groups in total. The maximum atomic E-state index is 13.4. The molecular formula is C27H28ClN3O3. The molecule has 6 nitrogen and oxygen atoms in total. The third-order valence-corrected chi connectivity index (χ3v) is 6.09. The number of halogens is 1. The zero-order chi connectivity index (χ0) is 24.1. The Kier molecular flexibility index (Phi) is 7.38. The minimum absolute atomic E-state index is 0.0734. The SMILES string of the molecule is COc1ccc(CC(=O)Nc2cc(C)ccc2N2CCCN(Cc3ccc(Cl)cc3)C2=O)cc1. The number of ether oxygens (including phenoxy) is 1. The molecule has 0 bridgehead atoms. The highest BCUT2D eigenvalue weighted by molar-refractivity contribution is 6.30. The van der Waals surface area contributed by atoms with Crippen molar-refractivity contribution in [3.8, 4) is 5.75 Å². The van der Waals surface area contributed by atoms with Crippen molar-refractivity contribution in [3.05, 3.63) is 88.4 Å². The summed E-state index contributed by atoms with van der Waals surface area (Å²) in [6.45, 7) is 3.76. The molecular weight excluding hydrogens is 450 g/mol. The number of nitrogens with one attached hydrogen (secondary N) is 1. The lowest BCUT2D eigenvalue weighted by atomic mass is 10.1. The van der Waals surface area contributed by atoms with Crippen LogP contribution in [0.5, 0.6) is 5.75 Å². The van der Waals surface area contributed by atoms with Crippen LogP contribution in [0.2, 0.25) is 5.02 Å². The average molecular weight is 478 g/mol. The van der Waals surface area contributed by atoms with Crippen LogP contribution >= 0.6 is 11.6 Å². The molecule has 3 aromatic carbocycles. The standard InChI is InChI=1S/C27H28ClN3O3/c1-19-4-13-25(24(16-19)29-26(32)17-20-7-11-23(34-2)12-8-20)31-15-3-14-30(27(31)33)18-21-5-9-22(28)10-6-21/h4-13,16H,3,14-15,17-18H2,1-2H3,(H,29,32). The third-order valence-electron chi connectivity index (χ3n) is 5.84. The molecule has 0 spiro atoms. The largest absolute Gasteiger partial charge is 0.497 e. The maximum Gasteiger partial charge on any atom is 0.324 e. The molecule has 4 rings (SSSR count). The second-order valence-corrected chi connectivity index (χ2v) is 8.87. The molecule has 1 aliphatic heterocycles. The lowest BCUT2D eigenvalue weighted by Crippen LogP contribution is -2.49. The fourth-order valence-corrected chi connectivity index (χ4v) is 4.20. The number of hydrogen-bond acceptors (Lipinski definition) is 3. The van der Waals surface area contributed by atoms with Gasteiger partial charge < -0.3 is 15.0 Å². The van der Waals surface area contributed by atoms with Crippen LogP contribution in [0.4, 0.5) is 16.2 Å². The third kappa shape index (κ3) is 5.69. The molecule has 3 aromatic rings. The van der Waals surface area contributed by atoms with E-state index in [1.807, 2.05) is 78.6 Å². The van der Waals surface area contributed by atoms with Gasteiger partial charge in [0.2, 0.25) is 5.91 Å². The van der Waals surface area contributed by atoms with E-state index in [2.05, 4.69) is 5.32 Å². The Morgan fingerprint density at radius 2 is 1.71 bits per heavy atom. The van der Waals surface area contributed by atoms with E-state index in [-0.39, 0.29) is 18.4 Å². The van der Waals surface area contributed by atoms with Crippen LogP contribution in [0, 0.1) is 6.92 Å². The molecule has 0 unspecified atom stereocenters. The Morgan fingerprint density at radius 3 is 2.41 bits per heavy atom. The average Bonchev–Trinajstić information content (AvgIpc) is 2.83. The molecule has 0 aliphatic carbocycles. The Morgan fingerprint density at radius 1 is 1.00 bits per heavy atom. The normalized spacial score (nSPS) is 13.7. The molecule has 0 aromatic heterocycles. The number of methoxy groups -OCH3 is 1. The second kappa shape index (κ2) is 10.6. The van der Waals surface area contributed by atoms with E-state index in [1.165, 1.54) is 0 Å². The van der Waals surface area contributed by atoms with E-state index in [4.69, 9.17) is 16.3 Å². The zero-order valence-electron chi connectivity index (χ0n) is 19.4. The minimum atomic E-state index is -0.139. The van der Waals surface area contributed by atoms with Crippen LogP contribution in [0.25, 0.3) is 0 Å². The highest BCUT2D eigenvalue weighted by Crippen LogP contribution is 2.30. The molecule has 34 heavy (non-hydrogen) atoms. The zero-order valence-corrected chi connectivity index (χ0v) is 20.1. The number of carbonyl (C=O) groups excluding carboxylic acids is 2. The van der Waals surface area contributed by atoms with Crippen LogP contribution in [0.1, 0.15) is 23.1 Å². The van der Waals surface area contributed by atoms with Gasteiger partial charge in [-0.05, 0) is 66.4 Å². The Labute approximate surface area is 205 Å². The summed E-state index contributed by atoms with van der Waals surface area (Å²) in [5.74, 6) is 0.608. The fourth-order valence-electron chi connectivity index (χ4n) is 4.07. The molecule has 176 valence electrons. The molecule has 1 aliphatic rings. The van der Waals surface area contributed by atoms with Gasteiger partial charge in [0.25, 0.3) is 0 Å². The quantitative estimate of drug-likeness (QED) is 0.477. The predicted molar refractivity (Wildman–Crippen MR) is 136 cm³/mol. The van der Waals surface area contributed by atoms with Gasteiger partial charge in [-0.3, -0.25) is 9.69 Å². The number of nitrogens with zero attached hydrogens (tertiary/aromatic N) is 2. The number of carbonyl (C=O) groups is 2. The summed E-state index contributed by atoms with van der Waals surface area (Å²) in [4.78, 5) is 29.8. The van der Waals surface area contributed by atoms with E-state index in [0.29, 0.717) is 36.0 Å². The first-order valence-corrected chi connectivity index (χ1v) is 11.6. The highest BCUT2D eigenvalue weighted by atomic mass is 35.5. The molecule has 1 fully saturated rings. The molecule has 1 saturated heterocycles. The van der Waals surface area contributed by atoms with Crippen molar-refractivity contribution in [2.45, 2.75) is 26.3 Å². The number of benzene rings is 3. The van der Waals surface area contributed by atoms with Crippen LogP contribution in [0.15, 0.2) is 66.7 Å². The van der Waals surface area contributed by atoms with Crippen LogP contribution in [-0.2, 0) is 17.8 Å². The first-order valence-electron chi connectivity index (χ1n) is 11.3. The van der Waals surface area contributed by atoms with Gasteiger partial charge in [-0.1, -0.05) is 41.9 Å². The van der Waals surface area contributed by atoms with Crippen LogP contribution in [-0.4, -0.2) is 37.0 Å². The number of aryl methyl sites for hydroxylation is 1. The van der Waals surface area contributed by atoms with Crippen LogP contribution < -0.4 is 15.0 Å². The van der Waals surface area contributed by atoms with Gasteiger partial charge in [0, 0.05) is 24.7 Å². The molecule has 0 radical (unpaired) electrons. The summed E-state index contributed by atoms with van der Waals surface area (Å²) in [5, 5.41) is 3.69. The van der Waals surface area contributed by atoms with Crippen molar-refractivity contribution in [2.24, 2.45) is 0 Å². The first kappa shape index (κ1) is 23.6. The van der Waals surface area contributed by atoms with Gasteiger partial charge in [-0.2, -0.15) is 0 Å². The monoisotopic (exact) mass is 477 g/mol. The fraction of sp³-hybridized carbons (Fsp3) is 0.259. The van der Waals surface area contributed by atoms with Crippen LogP contribution in [0.3, 0.4) is 0 Å². The molecule has 0 atom stereocenters. The minimum Gasteiger partial charge on any atom is -0.497 e. The summed E-state index contributed by atoms with van der Waals surface area (Å²) in [6.07, 6.45) is 1.07. The number of rotatable bonds is 7. The summed E-state index contributed by atoms with van der Waals surface area (Å²) >= 11 is 5.99. The van der Waals surface area contributed by atoms with Crippen molar-refractivity contribution >= 4 is 34.9 Å². The Bertz CT molecular complexity index is 1160. The summed E-state index contributed by atoms with van der Waals surface area (Å²) < 4.78 is 5.18. The van der Waals surface area contributed by atoms with Gasteiger partial charge >= 0.3 is 6.03 Å². The second-order valence-electron chi connectivity index (χ2n) is 8.43. The predicted octanol–water partition coefficient (Wildman–Crippen LogP) is 5.67. The molecule has 1 heterocycles. The number of anilines is 2. The van der Waals surface area contributed by atoms with Gasteiger partial charge in [0.05, 0.1) is 24.9 Å². The van der Waals surface area contributed by atoms with Crippen molar-refractivity contribution in [1.29, 1.82) is 0 Å². The number of amides is 3. The first-order chi connectivity index (χ1) is 16.4. The van der Waals surface area contributed by atoms with Crippen molar-refractivity contribution in [3.63, 3.8) is 0 Å². The summed E-state index contributed by atoms with van der Waals surface area (Å²) in [6, 6.07) is 20.7. The van der Waals surface area contributed by atoms with Crippen molar-refractivity contribution in [1.82, 2.24) is 4.90 Å². The van der Waals surface area contributed by atoms with E-state index < -0.39 is 0 Å². The lowest BCUT2D eigenvalue weighted by Gasteiger charge is -2.36. The molecule has 3 amide bonds.